The minimum atomic E-state index is -4.35. The van der Waals surface area contributed by atoms with Crippen LogP contribution in [0.15, 0.2) is 86.2 Å². The number of nitrogens with zero attached hydrogens (tertiary/aromatic N) is 7. The molecule has 7 rings (SSSR count). The third-order valence-corrected chi connectivity index (χ3v) is 15.5. The van der Waals surface area contributed by atoms with Crippen LogP contribution in [0.3, 0.4) is 0 Å². The molecule has 332 valence electrons. The third kappa shape index (κ3) is 11.3. The summed E-state index contributed by atoms with van der Waals surface area (Å²) in [6, 6.07) is 11.6. The molecule has 0 radical (unpaired) electrons. The van der Waals surface area contributed by atoms with Crippen LogP contribution >= 0.6 is 23.2 Å². The average molecular weight is 933 g/mol. The molecule has 2 aliphatic heterocycles. The highest BCUT2D eigenvalue weighted by molar-refractivity contribution is 7.93. The van der Waals surface area contributed by atoms with Gasteiger partial charge in [0.15, 0.2) is 16.1 Å². The van der Waals surface area contributed by atoms with Gasteiger partial charge in [0, 0.05) is 63.5 Å². The number of ether oxygens (including phenoxy) is 1. The topological polar surface area (TPSA) is 227 Å². The summed E-state index contributed by atoms with van der Waals surface area (Å²) in [5.74, 6) is -0.864. The molecule has 0 spiro atoms. The quantitative estimate of drug-likeness (QED) is 0.124. The second kappa shape index (κ2) is 19.9. The van der Waals surface area contributed by atoms with Crippen molar-refractivity contribution in [2.45, 2.75) is 65.7 Å². The fourth-order valence-electron chi connectivity index (χ4n) is 6.64. The van der Waals surface area contributed by atoms with E-state index in [0.717, 1.165) is 13.8 Å². The maximum absolute atomic E-state index is 15.4. The molecule has 2 unspecified atom stereocenters. The molecule has 2 aliphatic rings. The van der Waals surface area contributed by atoms with Gasteiger partial charge in [0.2, 0.25) is 29.7 Å². The van der Waals surface area contributed by atoms with Crippen LogP contribution in [0.25, 0.3) is 0 Å². The predicted octanol–water partition coefficient (Wildman–Crippen LogP) is 5.82. The fourth-order valence-corrected chi connectivity index (χ4v) is 10.9. The zero-order valence-electron chi connectivity index (χ0n) is 33.5. The highest BCUT2D eigenvalue weighted by atomic mass is 35.5. The summed E-state index contributed by atoms with van der Waals surface area (Å²) in [5, 5.41) is 15.1. The molecule has 2 fully saturated rings. The molecule has 0 saturated carbocycles. The number of nitrogens with one attached hydrogen (secondary N) is 2. The molecule has 0 aliphatic carbocycles. The number of benzene rings is 1. The van der Waals surface area contributed by atoms with Gasteiger partial charge in [-0.25, -0.2) is 30.4 Å². The maximum atomic E-state index is 15.4. The predicted molar refractivity (Wildman–Crippen MR) is 218 cm³/mol. The standard InChI is InChI=1S/C15H19ClFN5O4S.C11H17ClFN3O2S.C11H9NO3/c1-15(17,27(24,25)11-9-21(2)19-13(11)16)10-3-6-22(7-4-10)14(23)18-12-5-8-26-20-12;1-11(13,8-3-5-14-6-4-8)19(17,18)9-7-16(2)15-10(9)12;13-11(8-9-6-7-14-12-9)15-10-4-2-1-3-5-10/h5,8-10H,3-4,6-7H2,1-2H3,(H,18,20,23);7-8,14H,3-6H2,1-2H3;1-7H,8H2. The van der Waals surface area contributed by atoms with Gasteiger partial charge in [-0.05, 0) is 64.8 Å². The van der Waals surface area contributed by atoms with E-state index in [-0.39, 0.29) is 64.2 Å². The highest BCUT2D eigenvalue weighted by Crippen LogP contribution is 2.42. The Kier molecular flexibility index (Phi) is 15.4. The zero-order valence-corrected chi connectivity index (χ0v) is 36.6. The van der Waals surface area contributed by atoms with Gasteiger partial charge in [0.25, 0.3) is 0 Å². The van der Waals surface area contributed by atoms with E-state index in [1.54, 1.807) is 37.4 Å². The Balaban J connectivity index is 0.000000182. The number of aryl methyl sites for hydroxylation is 2. The monoisotopic (exact) mass is 931 g/mol. The Morgan fingerprint density at radius 2 is 1.33 bits per heavy atom. The molecule has 5 aromatic rings. The van der Waals surface area contributed by atoms with Crippen molar-refractivity contribution in [3.05, 3.63) is 83.4 Å². The van der Waals surface area contributed by atoms with Crippen molar-refractivity contribution in [3.8, 4) is 5.75 Å². The number of carbonyl (C=O) groups is 2. The van der Waals surface area contributed by atoms with Gasteiger partial charge in [0.1, 0.15) is 28.1 Å². The minimum Gasteiger partial charge on any atom is -0.426 e. The third-order valence-electron chi connectivity index (χ3n) is 10.2. The van der Waals surface area contributed by atoms with Crippen molar-refractivity contribution in [3.63, 3.8) is 0 Å². The SMILES string of the molecule is Cn1cc(S(=O)(=O)C(C)(F)C2CCN(C(=O)Nc3ccon3)CC2)c(Cl)n1.Cn1cc(S(=O)(=O)C(C)(F)C2CCNCC2)c(Cl)n1.O=C(Cc1ccon1)Oc1ccccc1. The van der Waals surface area contributed by atoms with Crippen molar-refractivity contribution in [1.29, 1.82) is 0 Å². The molecule has 2 saturated heterocycles. The Bertz CT molecular complexity index is 2440. The number of halogens is 4. The van der Waals surface area contributed by atoms with Gasteiger partial charge < -0.3 is 24.0 Å². The van der Waals surface area contributed by atoms with Crippen LogP contribution < -0.4 is 15.4 Å². The summed E-state index contributed by atoms with van der Waals surface area (Å²) in [4.78, 5) is 24.5. The van der Waals surface area contributed by atoms with Crippen molar-refractivity contribution in [2.24, 2.45) is 25.9 Å². The van der Waals surface area contributed by atoms with Gasteiger partial charge >= 0.3 is 12.0 Å². The fraction of sp³-hybridized carbons (Fsp3) is 0.459. The van der Waals surface area contributed by atoms with Crippen LogP contribution in [0.1, 0.15) is 45.2 Å². The number of likely N-dealkylation sites (tertiary alicyclic amines) is 1. The lowest BCUT2D eigenvalue weighted by Crippen LogP contribution is -2.48. The number of rotatable bonds is 10. The number of esters is 1. The highest BCUT2D eigenvalue weighted by Gasteiger charge is 2.51. The summed E-state index contributed by atoms with van der Waals surface area (Å²) >= 11 is 11.6. The van der Waals surface area contributed by atoms with Crippen LogP contribution in [0.4, 0.5) is 19.4 Å². The number of urea groups is 1. The van der Waals surface area contributed by atoms with E-state index in [0.29, 0.717) is 37.4 Å². The average Bonchev–Trinajstić information content (AvgIpc) is 4.06. The largest absolute Gasteiger partial charge is 0.426 e. The van der Waals surface area contributed by atoms with Gasteiger partial charge in [0.05, 0.1) is 12.1 Å². The molecule has 1 aromatic carbocycles. The van der Waals surface area contributed by atoms with Crippen LogP contribution in [-0.2, 0) is 45.0 Å². The number of carbonyl (C=O) groups excluding carboxylic acids is 2. The van der Waals surface area contributed by atoms with Crippen LogP contribution in [0.5, 0.6) is 5.75 Å². The molecule has 2 atom stereocenters. The first-order valence-electron chi connectivity index (χ1n) is 18.8. The normalized spacial score (nSPS) is 17.1. The first-order chi connectivity index (χ1) is 28.7. The Labute approximate surface area is 360 Å². The molecular formula is C37H45Cl2F2N9O9S2. The van der Waals surface area contributed by atoms with Crippen molar-refractivity contribution in [2.75, 3.05) is 31.5 Å². The first kappa shape index (κ1) is 47.2. The lowest BCUT2D eigenvalue weighted by Gasteiger charge is -2.37. The van der Waals surface area contributed by atoms with Gasteiger partial charge in [-0.3, -0.25) is 19.5 Å². The number of hydrogen-bond acceptors (Lipinski definition) is 14. The number of hydrogen-bond donors (Lipinski definition) is 2. The number of alkyl halides is 2. The van der Waals surface area contributed by atoms with Crippen LogP contribution in [0, 0.1) is 11.8 Å². The zero-order chi connectivity index (χ0) is 44.6. The van der Waals surface area contributed by atoms with Crippen LogP contribution in [-0.4, -0.2) is 99.8 Å². The molecular weight excluding hydrogens is 887 g/mol. The van der Waals surface area contributed by atoms with E-state index >= 15 is 4.39 Å². The number of anilines is 1. The molecule has 0 bridgehead atoms. The molecule has 24 heteroatoms. The van der Waals surface area contributed by atoms with Crippen LogP contribution in [0.2, 0.25) is 10.3 Å². The number of piperidine rings is 2. The lowest BCUT2D eigenvalue weighted by atomic mass is 9.92. The molecule has 4 aromatic heterocycles. The van der Waals surface area contributed by atoms with Gasteiger partial charge in [-0.1, -0.05) is 51.7 Å². The first-order valence-corrected chi connectivity index (χ1v) is 22.5. The maximum Gasteiger partial charge on any atom is 0.323 e. The Morgan fingerprint density at radius 1 is 0.820 bits per heavy atom. The second-order valence-corrected chi connectivity index (χ2v) is 19.7. The van der Waals surface area contributed by atoms with E-state index in [9.17, 15) is 30.8 Å². The van der Waals surface area contributed by atoms with Crippen molar-refractivity contribution < 1.29 is 49.0 Å². The van der Waals surface area contributed by atoms with Crippen molar-refractivity contribution in [1.82, 2.24) is 40.1 Å². The number of aromatic nitrogens is 6. The summed E-state index contributed by atoms with van der Waals surface area (Å²) in [6.07, 6.45) is 6.66. The van der Waals surface area contributed by atoms with E-state index < -0.39 is 47.5 Å². The lowest BCUT2D eigenvalue weighted by molar-refractivity contribution is -0.133. The second-order valence-electron chi connectivity index (χ2n) is 14.4. The Morgan fingerprint density at radius 3 is 1.79 bits per heavy atom. The van der Waals surface area contributed by atoms with E-state index in [1.807, 2.05) is 6.07 Å². The Hall–Kier alpha value is -4.90. The van der Waals surface area contributed by atoms with Gasteiger partial charge in [-0.15, -0.1) is 0 Å². The molecule has 2 amide bonds. The number of para-hydroxylation sites is 1. The van der Waals surface area contributed by atoms with Gasteiger partial charge in [-0.2, -0.15) is 10.2 Å². The molecule has 61 heavy (non-hydrogen) atoms. The van der Waals surface area contributed by atoms with Crippen molar-refractivity contribution >= 4 is 60.7 Å². The summed E-state index contributed by atoms with van der Waals surface area (Å²) in [7, 11) is -5.45. The number of amides is 2. The van der Waals surface area contributed by atoms with E-state index in [1.165, 1.54) is 52.3 Å². The smallest absolute Gasteiger partial charge is 0.323 e. The molecule has 2 N–H and O–H groups in total. The summed E-state index contributed by atoms with van der Waals surface area (Å²) in [5.41, 5.74) is 0.566. The summed E-state index contributed by atoms with van der Waals surface area (Å²) < 4.78 is 97.7. The summed E-state index contributed by atoms with van der Waals surface area (Å²) in [6.45, 7) is 3.85. The number of sulfone groups is 2. The molecule has 18 nitrogen and oxygen atoms in total. The van der Waals surface area contributed by atoms with E-state index in [4.69, 9.17) is 27.9 Å². The molecule has 6 heterocycles. The minimum absolute atomic E-state index is 0.116. The van der Waals surface area contributed by atoms with E-state index in [2.05, 4.69) is 40.2 Å².